The van der Waals surface area contributed by atoms with Gasteiger partial charge in [-0.1, -0.05) is 24.3 Å². The average Bonchev–Trinajstić information content (AvgIpc) is 3.30. The summed E-state index contributed by atoms with van der Waals surface area (Å²) in [6.45, 7) is 1.51. The van der Waals surface area contributed by atoms with Gasteiger partial charge in [0.05, 0.1) is 10.4 Å². The van der Waals surface area contributed by atoms with Crippen LogP contribution in [0, 0.1) is 5.82 Å². The Balaban J connectivity index is 1.71. The van der Waals surface area contributed by atoms with Crippen molar-refractivity contribution in [2.75, 3.05) is 13.2 Å². The Morgan fingerprint density at radius 1 is 1.12 bits per heavy atom. The standard InChI is InChI=1S/C19H19FN2O3S/c20-15-7-1-2-9-17(15)26(23,24)18-11-22-19-14(18)6-3-8-16(19)25-12-13-5-4-10-21-13/h1-3,6-9,11,13,21-22H,4-5,10,12H2/t13-/m0/s1. The molecule has 1 atom stereocenters. The summed E-state index contributed by atoms with van der Waals surface area (Å²) in [4.78, 5) is 2.69. The summed E-state index contributed by atoms with van der Waals surface area (Å²) in [6, 6.07) is 10.9. The molecule has 0 bridgehead atoms. The van der Waals surface area contributed by atoms with Gasteiger partial charge >= 0.3 is 0 Å². The number of hydrogen-bond acceptors (Lipinski definition) is 4. The van der Waals surface area contributed by atoms with Crippen molar-refractivity contribution in [2.24, 2.45) is 0 Å². The van der Waals surface area contributed by atoms with Gasteiger partial charge < -0.3 is 15.0 Å². The maximum Gasteiger partial charge on any atom is 0.211 e. The lowest BCUT2D eigenvalue weighted by Gasteiger charge is -2.12. The Kier molecular flexibility index (Phi) is 4.42. The number of aromatic amines is 1. The van der Waals surface area contributed by atoms with Crippen LogP contribution in [0.4, 0.5) is 4.39 Å². The van der Waals surface area contributed by atoms with Gasteiger partial charge in [-0.3, -0.25) is 0 Å². The molecular formula is C19H19FN2O3S. The summed E-state index contributed by atoms with van der Waals surface area (Å²) in [6.07, 6.45) is 3.59. The molecule has 1 saturated heterocycles. The third-order valence-corrected chi connectivity index (χ3v) is 6.48. The van der Waals surface area contributed by atoms with Crippen molar-refractivity contribution in [3.05, 3.63) is 54.5 Å². The van der Waals surface area contributed by atoms with E-state index in [0.717, 1.165) is 25.5 Å². The van der Waals surface area contributed by atoms with Gasteiger partial charge in [-0.2, -0.15) is 0 Å². The van der Waals surface area contributed by atoms with E-state index in [0.29, 0.717) is 29.3 Å². The lowest BCUT2D eigenvalue weighted by Crippen LogP contribution is -2.28. The molecule has 26 heavy (non-hydrogen) atoms. The second kappa shape index (κ2) is 6.74. The van der Waals surface area contributed by atoms with Crippen LogP contribution in [0.5, 0.6) is 5.75 Å². The zero-order chi connectivity index (χ0) is 18.1. The van der Waals surface area contributed by atoms with Crippen LogP contribution in [-0.2, 0) is 9.84 Å². The molecule has 0 saturated carbocycles. The highest BCUT2D eigenvalue weighted by Gasteiger charge is 2.25. The van der Waals surface area contributed by atoms with E-state index in [-0.39, 0.29) is 9.79 Å². The molecule has 7 heteroatoms. The highest BCUT2D eigenvalue weighted by atomic mass is 32.2. The largest absolute Gasteiger partial charge is 0.490 e. The van der Waals surface area contributed by atoms with Crippen LogP contribution in [0.15, 0.2) is 58.5 Å². The lowest BCUT2D eigenvalue weighted by atomic mass is 10.2. The zero-order valence-electron chi connectivity index (χ0n) is 14.0. The van der Waals surface area contributed by atoms with Crippen LogP contribution in [0.25, 0.3) is 10.9 Å². The lowest BCUT2D eigenvalue weighted by molar-refractivity contribution is 0.280. The fraction of sp³-hybridized carbons (Fsp3) is 0.263. The monoisotopic (exact) mass is 374 g/mol. The van der Waals surface area contributed by atoms with Crippen LogP contribution in [0.3, 0.4) is 0 Å². The molecule has 0 spiro atoms. The molecule has 2 aromatic carbocycles. The second-order valence-electron chi connectivity index (χ2n) is 6.37. The number of para-hydroxylation sites is 1. The predicted molar refractivity (Wildman–Crippen MR) is 96.7 cm³/mol. The summed E-state index contributed by atoms with van der Waals surface area (Å²) in [5.74, 6) is -0.173. The van der Waals surface area contributed by atoms with Crippen molar-refractivity contribution in [3.63, 3.8) is 0 Å². The van der Waals surface area contributed by atoms with E-state index in [9.17, 15) is 12.8 Å². The fourth-order valence-corrected chi connectivity index (χ4v) is 4.81. The van der Waals surface area contributed by atoms with E-state index < -0.39 is 15.7 Å². The quantitative estimate of drug-likeness (QED) is 0.719. The topological polar surface area (TPSA) is 71.2 Å². The van der Waals surface area contributed by atoms with Gasteiger partial charge in [0, 0.05) is 17.6 Å². The van der Waals surface area contributed by atoms with Crippen LogP contribution in [0.1, 0.15) is 12.8 Å². The molecule has 1 fully saturated rings. The fourth-order valence-electron chi connectivity index (χ4n) is 3.31. The summed E-state index contributed by atoms with van der Waals surface area (Å²) < 4.78 is 45.7. The molecule has 0 aliphatic carbocycles. The van der Waals surface area contributed by atoms with Crippen molar-refractivity contribution in [3.8, 4) is 5.75 Å². The normalized spacial score (nSPS) is 17.7. The highest BCUT2D eigenvalue weighted by molar-refractivity contribution is 7.91. The molecular weight excluding hydrogens is 355 g/mol. The molecule has 3 aromatic rings. The molecule has 2 N–H and O–H groups in total. The predicted octanol–water partition coefficient (Wildman–Crippen LogP) is 3.27. The van der Waals surface area contributed by atoms with Crippen LogP contribution in [0.2, 0.25) is 0 Å². The van der Waals surface area contributed by atoms with E-state index in [4.69, 9.17) is 4.74 Å². The zero-order valence-corrected chi connectivity index (χ0v) is 14.9. The van der Waals surface area contributed by atoms with Crippen molar-refractivity contribution >= 4 is 20.7 Å². The van der Waals surface area contributed by atoms with Crippen LogP contribution >= 0.6 is 0 Å². The summed E-state index contributed by atoms with van der Waals surface area (Å²) in [5, 5.41) is 3.85. The van der Waals surface area contributed by atoms with E-state index in [2.05, 4.69) is 10.3 Å². The average molecular weight is 374 g/mol. The number of fused-ring (bicyclic) bond motifs is 1. The minimum atomic E-state index is -3.97. The van der Waals surface area contributed by atoms with Crippen molar-refractivity contribution in [1.29, 1.82) is 0 Å². The molecule has 1 aliphatic rings. The van der Waals surface area contributed by atoms with Crippen molar-refractivity contribution in [2.45, 2.75) is 28.7 Å². The Labute approximate surface area is 151 Å². The maximum atomic E-state index is 14.0. The molecule has 0 amide bonds. The van der Waals surface area contributed by atoms with Gasteiger partial charge in [-0.25, -0.2) is 12.8 Å². The van der Waals surface area contributed by atoms with E-state index in [1.807, 2.05) is 0 Å². The van der Waals surface area contributed by atoms with Crippen LogP contribution < -0.4 is 10.1 Å². The molecule has 0 unspecified atom stereocenters. The molecule has 1 aliphatic heterocycles. The number of halogens is 1. The Hall–Kier alpha value is -2.38. The number of hydrogen-bond donors (Lipinski definition) is 2. The van der Waals surface area contributed by atoms with Crippen LogP contribution in [-0.4, -0.2) is 32.6 Å². The number of benzene rings is 2. The minimum absolute atomic E-state index is 0.0436. The highest BCUT2D eigenvalue weighted by Crippen LogP contribution is 2.33. The Morgan fingerprint density at radius 3 is 2.73 bits per heavy atom. The number of aromatic nitrogens is 1. The number of sulfone groups is 1. The first-order chi connectivity index (χ1) is 12.6. The van der Waals surface area contributed by atoms with Gasteiger partial charge in [0.2, 0.25) is 9.84 Å². The van der Waals surface area contributed by atoms with Gasteiger partial charge in [-0.15, -0.1) is 0 Å². The number of nitrogens with one attached hydrogen (secondary N) is 2. The van der Waals surface area contributed by atoms with Gasteiger partial charge in [-0.05, 0) is 37.6 Å². The molecule has 0 radical (unpaired) electrons. The molecule has 5 nitrogen and oxygen atoms in total. The molecule has 2 heterocycles. The first-order valence-electron chi connectivity index (χ1n) is 8.53. The van der Waals surface area contributed by atoms with Gasteiger partial charge in [0.25, 0.3) is 0 Å². The SMILES string of the molecule is O=S(=O)(c1ccccc1F)c1c[nH]c2c(OC[C@@H]3CCCN3)cccc12. The summed E-state index contributed by atoms with van der Waals surface area (Å²) >= 11 is 0. The molecule has 136 valence electrons. The first-order valence-corrected chi connectivity index (χ1v) is 10.0. The smallest absolute Gasteiger partial charge is 0.211 e. The van der Waals surface area contributed by atoms with Gasteiger partial charge in [0.1, 0.15) is 23.1 Å². The third kappa shape index (κ3) is 2.97. The first kappa shape index (κ1) is 17.1. The Morgan fingerprint density at radius 2 is 1.96 bits per heavy atom. The number of rotatable bonds is 5. The maximum absolute atomic E-state index is 14.0. The van der Waals surface area contributed by atoms with E-state index in [1.165, 1.54) is 24.4 Å². The minimum Gasteiger partial charge on any atom is -0.490 e. The van der Waals surface area contributed by atoms with Gasteiger partial charge in [0.15, 0.2) is 0 Å². The van der Waals surface area contributed by atoms with E-state index in [1.54, 1.807) is 18.2 Å². The summed E-state index contributed by atoms with van der Waals surface area (Å²) in [5.41, 5.74) is 0.598. The number of H-pyrrole nitrogens is 1. The van der Waals surface area contributed by atoms with Crippen molar-refractivity contribution in [1.82, 2.24) is 10.3 Å². The third-order valence-electron chi connectivity index (χ3n) is 4.66. The molecule has 1 aromatic heterocycles. The molecule has 4 rings (SSSR count). The second-order valence-corrected chi connectivity index (χ2v) is 8.26. The number of ether oxygens (including phenoxy) is 1. The van der Waals surface area contributed by atoms with Crippen molar-refractivity contribution < 1.29 is 17.5 Å². The Bertz CT molecular complexity index is 1040. The van der Waals surface area contributed by atoms with E-state index >= 15 is 0 Å². The summed E-state index contributed by atoms with van der Waals surface area (Å²) in [7, 11) is -3.97.